The van der Waals surface area contributed by atoms with Crippen molar-refractivity contribution >= 4 is 23.4 Å². The average molecular weight is 421 g/mol. The Morgan fingerprint density at radius 3 is 2.50 bits per heavy atom. The lowest BCUT2D eigenvalue weighted by Crippen LogP contribution is -2.49. The van der Waals surface area contributed by atoms with Crippen molar-refractivity contribution in [3.63, 3.8) is 0 Å². The maximum atomic E-state index is 12.7. The van der Waals surface area contributed by atoms with Crippen molar-refractivity contribution < 1.29 is 9.53 Å². The Morgan fingerprint density at radius 2 is 1.73 bits per heavy atom. The predicted molar refractivity (Wildman–Crippen MR) is 120 cm³/mol. The first-order chi connectivity index (χ1) is 14.7. The molecule has 1 aromatic heterocycles. The van der Waals surface area contributed by atoms with Gasteiger partial charge in [0.15, 0.2) is 5.16 Å². The summed E-state index contributed by atoms with van der Waals surface area (Å²) < 4.78 is 5.46. The number of hydrogen-bond acceptors (Lipinski definition) is 6. The highest BCUT2D eigenvalue weighted by molar-refractivity contribution is 7.99. The molecule has 1 amide bonds. The summed E-state index contributed by atoms with van der Waals surface area (Å²) in [5.74, 6) is 1.32. The van der Waals surface area contributed by atoms with E-state index in [1.165, 1.54) is 11.8 Å². The van der Waals surface area contributed by atoms with E-state index in [0.29, 0.717) is 24.0 Å². The van der Waals surface area contributed by atoms with E-state index in [1.807, 2.05) is 59.5 Å². The van der Waals surface area contributed by atoms with Crippen molar-refractivity contribution in [2.24, 2.45) is 0 Å². The number of nitrogens with zero attached hydrogens (tertiary/aromatic N) is 4. The maximum Gasteiger partial charge on any atom is 0.233 e. The van der Waals surface area contributed by atoms with Crippen LogP contribution in [-0.4, -0.2) is 59.8 Å². The third-order valence-electron chi connectivity index (χ3n) is 5.09. The molecular weight excluding hydrogens is 396 g/mol. The molecule has 30 heavy (non-hydrogen) atoms. The second-order valence-electron chi connectivity index (χ2n) is 6.92. The summed E-state index contributed by atoms with van der Waals surface area (Å²) >= 11 is 1.39. The molecule has 0 unspecified atom stereocenters. The van der Waals surface area contributed by atoms with Crippen LogP contribution < -0.4 is 9.64 Å². The lowest BCUT2D eigenvalue weighted by Gasteiger charge is -2.36. The molecule has 1 fully saturated rings. The highest BCUT2D eigenvalue weighted by Gasteiger charge is 2.23. The molecule has 2 heterocycles. The molecule has 1 aliphatic heterocycles. The van der Waals surface area contributed by atoms with Crippen molar-refractivity contribution in [2.75, 3.05) is 43.9 Å². The number of rotatable bonds is 6. The van der Waals surface area contributed by atoms with Crippen LogP contribution in [-0.2, 0) is 4.79 Å². The molecule has 1 aliphatic rings. The van der Waals surface area contributed by atoms with Gasteiger partial charge in [-0.3, -0.25) is 4.79 Å². The van der Waals surface area contributed by atoms with Crippen LogP contribution in [0.1, 0.15) is 0 Å². The van der Waals surface area contributed by atoms with Gasteiger partial charge in [0.05, 0.1) is 24.2 Å². The van der Waals surface area contributed by atoms with Crippen molar-refractivity contribution in [1.82, 2.24) is 14.9 Å². The van der Waals surface area contributed by atoms with Gasteiger partial charge in [0.25, 0.3) is 0 Å². The van der Waals surface area contributed by atoms with Crippen molar-refractivity contribution in [1.29, 1.82) is 0 Å². The van der Waals surface area contributed by atoms with Crippen LogP contribution in [0.2, 0.25) is 0 Å². The van der Waals surface area contributed by atoms with Gasteiger partial charge >= 0.3 is 0 Å². The van der Waals surface area contributed by atoms with Gasteiger partial charge in [-0.25, -0.2) is 9.97 Å². The quantitative estimate of drug-likeness (QED) is 0.449. The zero-order valence-electron chi connectivity index (χ0n) is 16.9. The molecular formula is C23H24N4O2S. The summed E-state index contributed by atoms with van der Waals surface area (Å²) in [6.07, 6.45) is 1.74. The van der Waals surface area contributed by atoms with Crippen LogP contribution in [0.3, 0.4) is 0 Å². The number of anilines is 1. The zero-order valence-corrected chi connectivity index (χ0v) is 17.7. The van der Waals surface area contributed by atoms with Gasteiger partial charge < -0.3 is 14.5 Å². The normalized spacial score (nSPS) is 13.9. The largest absolute Gasteiger partial charge is 0.495 e. The van der Waals surface area contributed by atoms with E-state index in [4.69, 9.17) is 4.74 Å². The van der Waals surface area contributed by atoms with Crippen LogP contribution in [0, 0.1) is 0 Å². The Bertz CT molecular complexity index is 991. The van der Waals surface area contributed by atoms with Crippen molar-refractivity contribution in [2.45, 2.75) is 5.16 Å². The van der Waals surface area contributed by atoms with E-state index < -0.39 is 0 Å². The number of thioether (sulfide) groups is 1. The Kier molecular flexibility index (Phi) is 6.49. The lowest BCUT2D eigenvalue weighted by molar-refractivity contribution is -0.128. The van der Waals surface area contributed by atoms with E-state index in [0.717, 1.165) is 35.8 Å². The van der Waals surface area contributed by atoms with Gasteiger partial charge in [-0.05, 0) is 18.2 Å². The monoisotopic (exact) mass is 420 g/mol. The van der Waals surface area contributed by atoms with Gasteiger partial charge in [-0.2, -0.15) is 0 Å². The molecule has 154 valence electrons. The van der Waals surface area contributed by atoms with Gasteiger partial charge in [0.2, 0.25) is 5.91 Å². The summed E-state index contributed by atoms with van der Waals surface area (Å²) in [6, 6.07) is 19.9. The standard InChI is InChI=1S/C23H24N4O2S/c1-29-21-10-6-5-9-20(21)26-13-15-27(16-14-26)22(28)17-30-23-24-12-11-19(25-23)18-7-3-2-4-8-18/h2-12H,13-17H2,1H3. The summed E-state index contributed by atoms with van der Waals surface area (Å²) in [5.41, 5.74) is 2.99. The molecule has 0 saturated carbocycles. The molecule has 0 atom stereocenters. The number of para-hydroxylation sites is 2. The number of benzene rings is 2. The number of carbonyl (C=O) groups is 1. The molecule has 0 bridgehead atoms. The summed E-state index contributed by atoms with van der Waals surface area (Å²) in [5, 5.41) is 0.623. The average Bonchev–Trinajstić information content (AvgIpc) is 2.83. The van der Waals surface area contributed by atoms with Crippen LogP contribution in [0.4, 0.5) is 5.69 Å². The van der Waals surface area contributed by atoms with Crippen LogP contribution in [0.5, 0.6) is 5.75 Å². The first-order valence-electron chi connectivity index (χ1n) is 9.91. The van der Waals surface area contributed by atoms with E-state index >= 15 is 0 Å². The van der Waals surface area contributed by atoms with Crippen molar-refractivity contribution in [3.8, 4) is 17.0 Å². The number of aromatic nitrogens is 2. The fourth-order valence-corrected chi connectivity index (χ4v) is 4.22. The number of amides is 1. The van der Waals surface area contributed by atoms with Crippen molar-refractivity contribution in [3.05, 3.63) is 66.9 Å². The molecule has 0 N–H and O–H groups in total. The number of hydrogen-bond donors (Lipinski definition) is 0. The van der Waals surface area contributed by atoms with E-state index in [1.54, 1.807) is 13.3 Å². The number of methoxy groups -OCH3 is 1. The number of piperazine rings is 1. The Balaban J connectivity index is 1.32. The molecule has 1 saturated heterocycles. The van der Waals surface area contributed by atoms with E-state index in [9.17, 15) is 4.79 Å². The van der Waals surface area contributed by atoms with Gasteiger partial charge in [-0.1, -0.05) is 54.2 Å². The maximum absolute atomic E-state index is 12.7. The number of carbonyl (C=O) groups excluding carboxylic acids is 1. The molecule has 7 heteroatoms. The van der Waals surface area contributed by atoms with Crippen LogP contribution in [0.25, 0.3) is 11.3 Å². The minimum Gasteiger partial charge on any atom is -0.495 e. The topological polar surface area (TPSA) is 58.6 Å². The molecule has 6 nitrogen and oxygen atoms in total. The Morgan fingerprint density at radius 1 is 1.00 bits per heavy atom. The first-order valence-corrected chi connectivity index (χ1v) is 10.9. The molecule has 4 rings (SSSR count). The number of ether oxygens (including phenoxy) is 1. The van der Waals surface area contributed by atoms with E-state index in [-0.39, 0.29) is 5.91 Å². The molecule has 0 radical (unpaired) electrons. The summed E-state index contributed by atoms with van der Waals surface area (Å²) in [4.78, 5) is 25.8. The van der Waals surface area contributed by atoms with Gasteiger partial charge in [0, 0.05) is 37.9 Å². The second-order valence-corrected chi connectivity index (χ2v) is 7.86. The van der Waals surface area contributed by atoms with Crippen LogP contribution in [0.15, 0.2) is 72.0 Å². The highest BCUT2D eigenvalue weighted by Crippen LogP contribution is 2.28. The van der Waals surface area contributed by atoms with Gasteiger partial charge in [-0.15, -0.1) is 0 Å². The lowest BCUT2D eigenvalue weighted by atomic mass is 10.1. The third-order valence-corrected chi connectivity index (χ3v) is 5.93. The van der Waals surface area contributed by atoms with Crippen LogP contribution >= 0.6 is 11.8 Å². The predicted octanol–water partition coefficient (Wildman–Crippen LogP) is 3.59. The fraction of sp³-hybridized carbons (Fsp3) is 0.261. The summed E-state index contributed by atoms with van der Waals surface area (Å²) in [7, 11) is 1.69. The minimum absolute atomic E-state index is 0.119. The Labute approximate surface area is 180 Å². The zero-order chi connectivity index (χ0) is 20.8. The Hall–Kier alpha value is -3.06. The third kappa shape index (κ3) is 4.74. The summed E-state index contributed by atoms with van der Waals surface area (Å²) in [6.45, 7) is 2.97. The SMILES string of the molecule is COc1ccccc1N1CCN(C(=O)CSc2nccc(-c3ccccc3)n2)CC1. The molecule has 0 spiro atoms. The van der Waals surface area contributed by atoms with E-state index in [2.05, 4.69) is 20.9 Å². The fourth-order valence-electron chi connectivity index (χ4n) is 3.49. The molecule has 2 aromatic carbocycles. The first kappa shape index (κ1) is 20.2. The molecule has 3 aromatic rings. The second kappa shape index (κ2) is 9.63. The van der Waals surface area contributed by atoms with Gasteiger partial charge in [0.1, 0.15) is 5.75 Å². The smallest absolute Gasteiger partial charge is 0.233 e. The molecule has 0 aliphatic carbocycles. The minimum atomic E-state index is 0.119. The highest BCUT2D eigenvalue weighted by atomic mass is 32.2.